The molecular weight excluding hydrogens is 346 g/mol. The Morgan fingerprint density at radius 2 is 2.29 bits per heavy atom. The van der Waals surface area contributed by atoms with Gasteiger partial charge in [-0.2, -0.15) is 0 Å². The average Bonchev–Trinajstić information content (AvgIpc) is 2.98. The first-order chi connectivity index (χ1) is 11.6. The molecule has 0 bridgehead atoms. The van der Waals surface area contributed by atoms with Crippen molar-refractivity contribution in [1.29, 1.82) is 0 Å². The lowest BCUT2D eigenvalue weighted by atomic mass is 10.4. The van der Waals surface area contributed by atoms with Gasteiger partial charge < -0.3 is 5.32 Å². The van der Waals surface area contributed by atoms with Gasteiger partial charge in [-0.05, 0) is 31.2 Å². The van der Waals surface area contributed by atoms with Gasteiger partial charge in [0, 0.05) is 19.1 Å². The smallest absolute Gasteiger partial charge is 0.324 e. The van der Waals surface area contributed by atoms with Crippen LogP contribution in [0.1, 0.15) is 25.8 Å². The van der Waals surface area contributed by atoms with E-state index in [4.69, 9.17) is 0 Å². The summed E-state index contributed by atoms with van der Waals surface area (Å²) >= 11 is 3.01. The molecule has 1 aliphatic carbocycles. The topological polar surface area (TPSA) is 80.1 Å². The number of thiophene rings is 1. The molecule has 2 aromatic heterocycles. The lowest BCUT2D eigenvalue weighted by Gasteiger charge is -2.17. The standard InChI is InChI=1S/C15H17N5O2S2/c1-9(13(21)19-7-6-16-14(19)22)24-15-18-17-12(11-3-2-8-23-11)20(15)10-4-5-10/h2-3,8-10H,4-7H2,1H3,(H,16,22). The summed E-state index contributed by atoms with van der Waals surface area (Å²) in [4.78, 5) is 26.5. The second-order valence-corrected chi connectivity index (χ2v) is 8.12. The number of hydrogen-bond donors (Lipinski definition) is 1. The Bertz CT molecular complexity index is 769. The molecule has 1 atom stereocenters. The van der Waals surface area contributed by atoms with Crippen molar-refractivity contribution in [1.82, 2.24) is 25.0 Å². The average molecular weight is 363 g/mol. The zero-order valence-electron chi connectivity index (χ0n) is 13.1. The molecule has 0 radical (unpaired) electrons. The molecule has 1 saturated heterocycles. The minimum Gasteiger partial charge on any atom is -0.336 e. The van der Waals surface area contributed by atoms with Crippen molar-refractivity contribution < 1.29 is 9.59 Å². The number of amides is 3. The second kappa shape index (κ2) is 6.21. The Kier molecular flexibility index (Phi) is 4.05. The van der Waals surface area contributed by atoms with E-state index < -0.39 is 0 Å². The fourth-order valence-electron chi connectivity index (χ4n) is 2.70. The maximum atomic E-state index is 12.5. The fraction of sp³-hybridized carbons (Fsp3) is 0.467. The van der Waals surface area contributed by atoms with Gasteiger partial charge in [0.05, 0.1) is 10.1 Å². The number of nitrogens with one attached hydrogen (secondary N) is 1. The normalized spacial score (nSPS) is 18.7. The predicted molar refractivity (Wildman–Crippen MR) is 92.0 cm³/mol. The first-order valence-electron chi connectivity index (χ1n) is 7.90. The van der Waals surface area contributed by atoms with Gasteiger partial charge in [-0.15, -0.1) is 21.5 Å². The third-order valence-electron chi connectivity index (χ3n) is 4.07. The van der Waals surface area contributed by atoms with Crippen LogP contribution in [0.15, 0.2) is 22.7 Å². The van der Waals surface area contributed by atoms with E-state index >= 15 is 0 Å². The van der Waals surface area contributed by atoms with Crippen LogP contribution in [0.25, 0.3) is 10.7 Å². The molecule has 2 fully saturated rings. The molecule has 7 nitrogen and oxygen atoms in total. The van der Waals surface area contributed by atoms with E-state index in [0.29, 0.717) is 19.1 Å². The molecule has 0 spiro atoms. The van der Waals surface area contributed by atoms with Gasteiger partial charge in [-0.3, -0.25) is 14.3 Å². The van der Waals surface area contributed by atoms with Crippen molar-refractivity contribution in [2.45, 2.75) is 36.2 Å². The predicted octanol–water partition coefficient (Wildman–Crippen LogP) is 2.37. The molecule has 1 N–H and O–H groups in total. The van der Waals surface area contributed by atoms with Gasteiger partial charge in [-0.25, -0.2) is 4.79 Å². The van der Waals surface area contributed by atoms with E-state index in [0.717, 1.165) is 28.7 Å². The number of urea groups is 1. The van der Waals surface area contributed by atoms with Crippen LogP contribution < -0.4 is 5.32 Å². The van der Waals surface area contributed by atoms with Crippen molar-refractivity contribution in [3.63, 3.8) is 0 Å². The zero-order valence-corrected chi connectivity index (χ0v) is 14.8. The number of hydrogen-bond acceptors (Lipinski definition) is 6. The third-order valence-corrected chi connectivity index (χ3v) is 5.98. The molecule has 24 heavy (non-hydrogen) atoms. The molecular formula is C15H17N5O2S2. The van der Waals surface area contributed by atoms with Crippen LogP contribution in [-0.2, 0) is 4.79 Å². The van der Waals surface area contributed by atoms with Crippen LogP contribution in [0.2, 0.25) is 0 Å². The van der Waals surface area contributed by atoms with Crippen LogP contribution in [0.4, 0.5) is 4.79 Å². The Labute approximate surface area is 147 Å². The zero-order chi connectivity index (χ0) is 16.7. The summed E-state index contributed by atoms with van der Waals surface area (Å²) < 4.78 is 2.14. The van der Waals surface area contributed by atoms with Gasteiger partial charge in [-0.1, -0.05) is 17.8 Å². The highest BCUT2D eigenvalue weighted by molar-refractivity contribution is 8.00. The van der Waals surface area contributed by atoms with Crippen molar-refractivity contribution in [2.75, 3.05) is 13.1 Å². The summed E-state index contributed by atoms with van der Waals surface area (Å²) in [6, 6.07) is 4.13. The van der Waals surface area contributed by atoms with E-state index in [1.165, 1.54) is 16.7 Å². The molecule has 1 saturated carbocycles. The monoisotopic (exact) mass is 363 g/mol. The fourth-order valence-corrected chi connectivity index (χ4v) is 4.39. The molecule has 3 amide bonds. The Morgan fingerprint density at radius 3 is 2.92 bits per heavy atom. The van der Waals surface area contributed by atoms with E-state index in [1.54, 1.807) is 11.3 Å². The first-order valence-corrected chi connectivity index (χ1v) is 9.65. The lowest BCUT2D eigenvalue weighted by Crippen LogP contribution is -2.39. The highest BCUT2D eigenvalue weighted by atomic mass is 32.2. The number of aromatic nitrogens is 3. The molecule has 2 aromatic rings. The largest absolute Gasteiger partial charge is 0.336 e. The Morgan fingerprint density at radius 1 is 1.46 bits per heavy atom. The summed E-state index contributed by atoms with van der Waals surface area (Å²) in [5.74, 6) is 0.687. The number of rotatable bonds is 5. The van der Waals surface area contributed by atoms with Gasteiger partial charge in [0.15, 0.2) is 11.0 Å². The van der Waals surface area contributed by atoms with E-state index in [-0.39, 0.29) is 17.2 Å². The molecule has 0 aromatic carbocycles. The van der Waals surface area contributed by atoms with Crippen molar-refractivity contribution >= 4 is 35.0 Å². The number of nitrogens with zero attached hydrogens (tertiary/aromatic N) is 4. The number of carbonyl (C=O) groups excluding carboxylic acids is 2. The lowest BCUT2D eigenvalue weighted by molar-refractivity contribution is -0.126. The minimum atomic E-state index is -0.383. The van der Waals surface area contributed by atoms with Crippen LogP contribution >= 0.6 is 23.1 Å². The third kappa shape index (κ3) is 2.82. The summed E-state index contributed by atoms with van der Waals surface area (Å²) in [5, 5.41) is 13.7. The van der Waals surface area contributed by atoms with Crippen LogP contribution in [0.5, 0.6) is 0 Å². The van der Waals surface area contributed by atoms with E-state index in [9.17, 15) is 9.59 Å². The van der Waals surface area contributed by atoms with Crippen LogP contribution in [0, 0.1) is 0 Å². The Hall–Kier alpha value is -1.87. The number of carbonyl (C=O) groups is 2. The highest BCUT2D eigenvalue weighted by Gasteiger charge is 2.34. The van der Waals surface area contributed by atoms with E-state index in [1.807, 2.05) is 24.4 Å². The summed E-state index contributed by atoms with van der Waals surface area (Å²) in [5.41, 5.74) is 0. The first kappa shape index (κ1) is 15.6. The number of thioether (sulfide) groups is 1. The maximum absolute atomic E-state index is 12.5. The van der Waals surface area contributed by atoms with Gasteiger partial charge in [0.25, 0.3) is 0 Å². The summed E-state index contributed by atoms with van der Waals surface area (Å²) in [6.45, 7) is 2.76. The molecule has 1 unspecified atom stereocenters. The van der Waals surface area contributed by atoms with Crippen molar-refractivity contribution in [3.8, 4) is 10.7 Å². The van der Waals surface area contributed by atoms with Crippen molar-refractivity contribution in [3.05, 3.63) is 17.5 Å². The quantitative estimate of drug-likeness (QED) is 0.825. The van der Waals surface area contributed by atoms with Gasteiger partial charge in [0.2, 0.25) is 5.91 Å². The molecule has 2 aliphatic rings. The maximum Gasteiger partial charge on any atom is 0.324 e. The molecule has 1 aliphatic heterocycles. The van der Waals surface area contributed by atoms with Crippen molar-refractivity contribution in [2.24, 2.45) is 0 Å². The van der Waals surface area contributed by atoms with Crippen LogP contribution in [0.3, 0.4) is 0 Å². The molecule has 9 heteroatoms. The SMILES string of the molecule is CC(Sc1nnc(-c2cccs2)n1C1CC1)C(=O)N1CCNC1=O. The molecule has 3 heterocycles. The summed E-state index contributed by atoms with van der Waals surface area (Å²) in [6.07, 6.45) is 2.22. The Balaban J connectivity index is 1.56. The van der Waals surface area contributed by atoms with Gasteiger partial charge >= 0.3 is 6.03 Å². The summed E-state index contributed by atoms with van der Waals surface area (Å²) in [7, 11) is 0. The molecule has 126 valence electrons. The molecule has 4 rings (SSSR count). The minimum absolute atomic E-state index is 0.182. The number of imide groups is 1. The highest BCUT2D eigenvalue weighted by Crippen LogP contribution is 2.42. The van der Waals surface area contributed by atoms with E-state index in [2.05, 4.69) is 20.1 Å². The second-order valence-electron chi connectivity index (χ2n) is 5.87. The van der Waals surface area contributed by atoms with Gasteiger partial charge in [0.1, 0.15) is 0 Å². The van der Waals surface area contributed by atoms with Crippen LogP contribution in [-0.4, -0.2) is 49.9 Å².